The summed E-state index contributed by atoms with van der Waals surface area (Å²) in [5, 5.41) is 0.774. The zero-order valence-corrected chi connectivity index (χ0v) is 14.3. The third-order valence-electron chi connectivity index (χ3n) is 4.09. The fraction of sp³-hybridized carbons (Fsp3) is 0.562. The van der Waals surface area contributed by atoms with Crippen LogP contribution in [0.2, 0.25) is 5.02 Å². The Morgan fingerprint density at radius 1 is 1.23 bits per heavy atom. The number of likely N-dealkylation sites (N-methyl/N-ethyl adjacent to an activating group) is 1. The molecule has 5 nitrogen and oxygen atoms in total. The molecule has 0 bridgehead atoms. The summed E-state index contributed by atoms with van der Waals surface area (Å²) in [4.78, 5) is 11.2. The molecule has 1 aromatic rings. The summed E-state index contributed by atoms with van der Waals surface area (Å²) >= 11 is 5.93. The molecule has 6 heteroatoms. The van der Waals surface area contributed by atoms with E-state index in [1.807, 2.05) is 12.1 Å². The van der Waals surface area contributed by atoms with Gasteiger partial charge in [0, 0.05) is 43.4 Å². The summed E-state index contributed by atoms with van der Waals surface area (Å²) in [6.45, 7) is 8.59. The third kappa shape index (κ3) is 4.78. The lowest BCUT2D eigenvalue weighted by Crippen LogP contribution is -2.51. The Labute approximate surface area is 138 Å². The van der Waals surface area contributed by atoms with E-state index in [0.717, 1.165) is 50.8 Å². The molecular formula is C16H26ClN5. The average molecular weight is 324 g/mol. The van der Waals surface area contributed by atoms with Crippen molar-refractivity contribution in [2.75, 3.05) is 57.8 Å². The number of anilines is 1. The molecule has 0 amide bonds. The number of halogens is 1. The van der Waals surface area contributed by atoms with Gasteiger partial charge in [-0.05, 0) is 37.9 Å². The quantitative estimate of drug-likeness (QED) is 0.662. The number of aliphatic imine (C=N–C) groups is 1. The SMILES string of the molecule is CCN(C)CCN=C(N)N1CCN(c2ccc(Cl)cc2)CC1. The Morgan fingerprint density at radius 3 is 2.45 bits per heavy atom. The second-order valence-corrected chi connectivity index (χ2v) is 6.02. The number of rotatable bonds is 5. The van der Waals surface area contributed by atoms with Crippen molar-refractivity contribution in [3.05, 3.63) is 29.3 Å². The summed E-state index contributed by atoms with van der Waals surface area (Å²) in [7, 11) is 2.09. The lowest BCUT2D eigenvalue weighted by molar-refractivity contribution is 0.357. The number of piperazine rings is 1. The van der Waals surface area contributed by atoms with Crippen LogP contribution in [0.25, 0.3) is 0 Å². The Kier molecular flexibility index (Phi) is 6.34. The van der Waals surface area contributed by atoms with Gasteiger partial charge in [0.05, 0.1) is 6.54 Å². The van der Waals surface area contributed by atoms with Crippen molar-refractivity contribution >= 4 is 23.2 Å². The summed E-state index contributed by atoms with van der Waals surface area (Å²) in [5.41, 5.74) is 7.31. The first-order chi connectivity index (χ1) is 10.6. The molecule has 1 fully saturated rings. The zero-order chi connectivity index (χ0) is 15.9. The number of hydrogen-bond acceptors (Lipinski definition) is 3. The molecule has 2 N–H and O–H groups in total. The van der Waals surface area contributed by atoms with Crippen molar-refractivity contribution in [2.24, 2.45) is 10.7 Å². The van der Waals surface area contributed by atoms with Crippen LogP contribution in [0.5, 0.6) is 0 Å². The van der Waals surface area contributed by atoms with E-state index in [2.05, 4.69) is 45.8 Å². The normalized spacial score (nSPS) is 16.5. The van der Waals surface area contributed by atoms with Crippen LogP contribution < -0.4 is 10.6 Å². The molecule has 1 aliphatic rings. The minimum Gasteiger partial charge on any atom is -0.370 e. The highest BCUT2D eigenvalue weighted by atomic mass is 35.5. The Balaban J connectivity index is 1.81. The molecule has 0 saturated carbocycles. The molecule has 0 spiro atoms. The topological polar surface area (TPSA) is 48.1 Å². The maximum atomic E-state index is 6.10. The van der Waals surface area contributed by atoms with Crippen molar-refractivity contribution in [2.45, 2.75) is 6.92 Å². The minimum atomic E-state index is 0.667. The summed E-state index contributed by atoms with van der Waals surface area (Å²) in [5.74, 6) is 0.667. The first-order valence-electron chi connectivity index (χ1n) is 7.84. The molecule has 0 unspecified atom stereocenters. The lowest BCUT2D eigenvalue weighted by atomic mass is 10.2. The van der Waals surface area contributed by atoms with E-state index in [4.69, 9.17) is 17.3 Å². The molecule has 0 radical (unpaired) electrons. The molecule has 1 aliphatic heterocycles. The molecule has 2 rings (SSSR count). The van der Waals surface area contributed by atoms with Gasteiger partial charge in [-0.2, -0.15) is 0 Å². The van der Waals surface area contributed by atoms with Crippen LogP contribution in [0.4, 0.5) is 5.69 Å². The van der Waals surface area contributed by atoms with Crippen LogP contribution in [0.15, 0.2) is 29.3 Å². The van der Waals surface area contributed by atoms with Crippen molar-refractivity contribution in [3.8, 4) is 0 Å². The van der Waals surface area contributed by atoms with Gasteiger partial charge in [0.15, 0.2) is 5.96 Å². The first kappa shape index (κ1) is 16.9. The van der Waals surface area contributed by atoms with Gasteiger partial charge in [0.1, 0.15) is 0 Å². The van der Waals surface area contributed by atoms with Crippen LogP contribution in [0, 0.1) is 0 Å². The molecular weight excluding hydrogens is 298 g/mol. The third-order valence-corrected chi connectivity index (χ3v) is 4.34. The van der Waals surface area contributed by atoms with Gasteiger partial charge in [0.2, 0.25) is 0 Å². The second-order valence-electron chi connectivity index (χ2n) is 5.59. The molecule has 1 saturated heterocycles. The zero-order valence-electron chi connectivity index (χ0n) is 13.5. The van der Waals surface area contributed by atoms with E-state index in [-0.39, 0.29) is 0 Å². The molecule has 1 heterocycles. The molecule has 22 heavy (non-hydrogen) atoms. The molecule has 1 aromatic carbocycles. The largest absolute Gasteiger partial charge is 0.370 e. The summed E-state index contributed by atoms with van der Waals surface area (Å²) in [6, 6.07) is 8.00. The van der Waals surface area contributed by atoms with E-state index in [1.165, 1.54) is 5.69 Å². The number of guanidine groups is 1. The molecule has 0 aliphatic carbocycles. The smallest absolute Gasteiger partial charge is 0.191 e. The van der Waals surface area contributed by atoms with Crippen molar-refractivity contribution in [1.29, 1.82) is 0 Å². The first-order valence-corrected chi connectivity index (χ1v) is 8.22. The van der Waals surface area contributed by atoms with Crippen molar-refractivity contribution in [3.63, 3.8) is 0 Å². The van der Waals surface area contributed by atoms with Gasteiger partial charge in [-0.1, -0.05) is 18.5 Å². The lowest BCUT2D eigenvalue weighted by Gasteiger charge is -2.36. The van der Waals surface area contributed by atoms with Gasteiger partial charge < -0.3 is 20.4 Å². The molecule has 0 aromatic heterocycles. The standard InChI is InChI=1S/C16H26ClN5/c1-3-20(2)9-8-19-16(18)22-12-10-21(11-13-22)15-6-4-14(17)5-7-15/h4-7H,3,8-13H2,1-2H3,(H2,18,19). The van der Waals surface area contributed by atoms with E-state index < -0.39 is 0 Å². The van der Waals surface area contributed by atoms with Gasteiger partial charge in [-0.3, -0.25) is 4.99 Å². The summed E-state index contributed by atoms with van der Waals surface area (Å²) in [6.07, 6.45) is 0. The Bertz CT molecular complexity index is 480. The maximum Gasteiger partial charge on any atom is 0.191 e. The van der Waals surface area contributed by atoms with E-state index in [0.29, 0.717) is 5.96 Å². The van der Waals surface area contributed by atoms with Crippen molar-refractivity contribution in [1.82, 2.24) is 9.80 Å². The molecule has 122 valence electrons. The van der Waals surface area contributed by atoms with Crippen LogP contribution >= 0.6 is 11.6 Å². The average Bonchev–Trinajstić information content (AvgIpc) is 2.55. The van der Waals surface area contributed by atoms with Gasteiger partial charge in [0.25, 0.3) is 0 Å². The van der Waals surface area contributed by atoms with Gasteiger partial charge in [-0.15, -0.1) is 0 Å². The fourth-order valence-corrected chi connectivity index (χ4v) is 2.57. The second kappa shape index (κ2) is 8.25. The Hall–Kier alpha value is -1.46. The highest BCUT2D eigenvalue weighted by molar-refractivity contribution is 6.30. The summed E-state index contributed by atoms with van der Waals surface area (Å²) < 4.78 is 0. The predicted octanol–water partition coefficient (Wildman–Crippen LogP) is 1.73. The Morgan fingerprint density at radius 2 is 1.86 bits per heavy atom. The van der Waals surface area contributed by atoms with E-state index in [9.17, 15) is 0 Å². The monoisotopic (exact) mass is 323 g/mol. The number of nitrogens with zero attached hydrogens (tertiary/aromatic N) is 4. The van der Waals surface area contributed by atoms with E-state index in [1.54, 1.807) is 0 Å². The van der Waals surface area contributed by atoms with Crippen LogP contribution in [0.3, 0.4) is 0 Å². The van der Waals surface area contributed by atoms with Crippen LogP contribution in [-0.4, -0.2) is 68.6 Å². The van der Waals surface area contributed by atoms with Gasteiger partial charge >= 0.3 is 0 Å². The maximum absolute atomic E-state index is 6.10. The van der Waals surface area contributed by atoms with E-state index >= 15 is 0 Å². The van der Waals surface area contributed by atoms with Crippen LogP contribution in [0.1, 0.15) is 6.92 Å². The number of benzene rings is 1. The van der Waals surface area contributed by atoms with Crippen molar-refractivity contribution < 1.29 is 0 Å². The highest BCUT2D eigenvalue weighted by Crippen LogP contribution is 2.19. The van der Waals surface area contributed by atoms with Crippen LogP contribution in [-0.2, 0) is 0 Å². The highest BCUT2D eigenvalue weighted by Gasteiger charge is 2.18. The fourth-order valence-electron chi connectivity index (χ4n) is 2.44. The minimum absolute atomic E-state index is 0.667. The number of hydrogen-bond donors (Lipinski definition) is 1. The van der Waals surface area contributed by atoms with Gasteiger partial charge in [-0.25, -0.2) is 0 Å². The molecule has 0 atom stereocenters. The number of nitrogens with two attached hydrogens (primary N) is 1. The predicted molar refractivity (Wildman–Crippen MR) is 94.9 cm³/mol.